The second kappa shape index (κ2) is 8.81. The van der Waals surface area contributed by atoms with Crippen LogP contribution in [0.15, 0.2) is 71.6 Å². The van der Waals surface area contributed by atoms with E-state index in [-0.39, 0.29) is 12.2 Å². The van der Waals surface area contributed by atoms with Gasteiger partial charge in [0.1, 0.15) is 5.82 Å². The molecular formula is C21H19FN2O2S. The highest BCUT2D eigenvalue weighted by molar-refractivity contribution is 7.97. The zero-order chi connectivity index (χ0) is 19.2. The quantitative estimate of drug-likeness (QED) is 0.441. The minimum absolute atomic E-state index is 0.0222. The molecule has 1 amide bonds. The molecule has 3 N–H and O–H groups in total. The van der Waals surface area contributed by atoms with E-state index in [0.29, 0.717) is 5.56 Å². The number of halogens is 1. The minimum atomic E-state index is -0.556. The van der Waals surface area contributed by atoms with Gasteiger partial charge in [-0.2, -0.15) is 4.83 Å². The maximum Gasteiger partial charge on any atom is 0.269 e. The molecule has 0 saturated carbocycles. The number of rotatable bonds is 6. The third-order valence-electron chi connectivity index (χ3n) is 4.02. The van der Waals surface area contributed by atoms with E-state index in [4.69, 9.17) is 5.11 Å². The van der Waals surface area contributed by atoms with Gasteiger partial charge in [0.05, 0.1) is 12.2 Å². The van der Waals surface area contributed by atoms with Crippen molar-refractivity contribution in [1.82, 2.24) is 10.3 Å². The lowest BCUT2D eigenvalue weighted by molar-refractivity contribution is 0.0943. The fraction of sp³-hybridized carbons (Fsp3) is 0.0952. The lowest BCUT2D eigenvalue weighted by Gasteiger charge is -2.11. The van der Waals surface area contributed by atoms with E-state index < -0.39 is 11.7 Å². The summed E-state index contributed by atoms with van der Waals surface area (Å²) in [6, 6.07) is 20.0. The Morgan fingerprint density at radius 1 is 1.04 bits per heavy atom. The minimum Gasteiger partial charge on any atom is -0.392 e. The standard InChI is InChI=1S/C21H19FN2O2S/c1-14-10-17(16-7-3-2-4-8-16)12-19(20(14)22)21(26)23-24-27-18-9-5-6-15(11-18)13-25/h2-12,24-25H,13H2,1H3,(H,23,26). The number of aliphatic hydroxyl groups excluding tert-OH is 1. The molecule has 3 rings (SSSR count). The molecule has 6 heteroatoms. The van der Waals surface area contributed by atoms with Crippen LogP contribution in [0.1, 0.15) is 21.5 Å². The number of hydrogen-bond donors (Lipinski definition) is 3. The molecule has 0 atom stereocenters. The molecule has 0 bridgehead atoms. The van der Waals surface area contributed by atoms with Crippen molar-refractivity contribution in [2.45, 2.75) is 18.4 Å². The SMILES string of the molecule is Cc1cc(-c2ccccc2)cc(C(=O)NNSc2cccc(CO)c2)c1F. The molecule has 3 aromatic carbocycles. The first-order chi connectivity index (χ1) is 13.1. The van der Waals surface area contributed by atoms with Crippen LogP contribution < -0.4 is 10.3 Å². The second-order valence-corrected chi connectivity index (χ2v) is 6.86. The molecule has 0 aliphatic carbocycles. The van der Waals surface area contributed by atoms with Gasteiger partial charge < -0.3 is 5.11 Å². The molecule has 0 saturated heterocycles. The molecule has 3 aromatic rings. The monoisotopic (exact) mass is 382 g/mol. The summed E-state index contributed by atoms with van der Waals surface area (Å²) in [5, 5.41) is 9.16. The van der Waals surface area contributed by atoms with Crippen LogP contribution in [-0.2, 0) is 6.61 Å². The van der Waals surface area contributed by atoms with Crippen LogP contribution in [0.3, 0.4) is 0 Å². The lowest BCUT2D eigenvalue weighted by atomic mass is 9.99. The number of benzene rings is 3. The molecular weight excluding hydrogens is 363 g/mol. The maximum absolute atomic E-state index is 14.5. The molecule has 0 aliphatic rings. The average Bonchev–Trinajstić information content (AvgIpc) is 2.70. The highest BCUT2D eigenvalue weighted by Gasteiger charge is 2.16. The normalized spacial score (nSPS) is 10.6. The van der Waals surface area contributed by atoms with Gasteiger partial charge in [-0.3, -0.25) is 10.2 Å². The average molecular weight is 382 g/mol. The van der Waals surface area contributed by atoms with Gasteiger partial charge in [0.2, 0.25) is 0 Å². The fourth-order valence-electron chi connectivity index (χ4n) is 2.64. The summed E-state index contributed by atoms with van der Waals surface area (Å²) in [6.07, 6.45) is 0. The fourth-order valence-corrected chi connectivity index (χ4v) is 3.26. The Bertz CT molecular complexity index is 948. The van der Waals surface area contributed by atoms with Crippen molar-refractivity contribution < 1.29 is 14.3 Å². The number of nitrogens with one attached hydrogen (secondary N) is 2. The zero-order valence-corrected chi connectivity index (χ0v) is 15.5. The van der Waals surface area contributed by atoms with Crippen LogP contribution in [0.5, 0.6) is 0 Å². The van der Waals surface area contributed by atoms with E-state index in [0.717, 1.165) is 21.6 Å². The molecule has 27 heavy (non-hydrogen) atoms. The van der Waals surface area contributed by atoms with Crippen molar-refractivity contribution in [3.8, 4) is 11.1 Å². The van der Waals surface area contributed by atoms with Crippen LogP contribution in [0.2, 0.25) is 0 Å². The van der Waals surface area contributed by atoms with Gasteiger partial charge in [0, 0.05) is 4.90 Å². The largest absolute Gasteiger partial charge is 0.392 e. The van der Waals surface area contributed by atoms with E-state index in [2.05, 4.69) is 10.3 Å². The van der Waals surface area contributed by atoms with E-state index in [1.165, 1.54) is 11.9 Å². The van der Waals surface area contributed by atoms with Gasteiger partial charge in [-0.1, -0.05) is 42.5 Å². The summed E-state index contributed by atoms with van der Waals surface area (Å²) in [4.78, 5) is 16.0. The summed E-state index contributed by atoms with van der Waals surface area (Å²) < 4.78 is 14.5. The molecule has 0 aromatic heterocycles. The summed E-state index contributed by atoms with van der Waals surface area (Å²) in [5.74, 6) is -1.10. The van der Waals surface area contributed by atoms with E-state index >= 15 is 0 Å². The predicted octanol–water partition coefficient (Wildman–Crippen LogP) is 4.24. The molecule has 138 valence electrons. The van der Waals surface area contributed by atoms with Gasteiger partial charge in [0.15, 0.2) is 0 Å². The number of hydrogen-bond acceptors (Lipinski definition) is 4. The van der Waals surface area contributed by atoms with E-state index in [1.807, 2.05) is 42.5 Å². The predicted molar refractivity (Wildman–Crippen MR) is 105 cm³/mol. The Balaban J connectivity index is 1.73. The summed E-state index contributed by atoms with van der Waals surface area (Å²) >= 11 is 1.17. The van der Waals surface area contributed by atoms with Crippen molar-refractivity contribution in [1.29, 1.82) is 0 Å². The molecule has 0 unspecified atom stereocenters. The smallest absolute Gasteiger partial charge is 0.269 e. The lowest BCUT2D eigenvalue weighted by Crippen LogP contribution is -2.33. The second-order valence-electron chi connectivity index (χ2n) is 5.98. The first-order valence-electron chi connectivity index (χ1n) is 8.36. The van der Waals surface area contributed by atoms with Crippen LogP contribution in [0.25, 0.3) is 11.1 Å². The van der Waals surface area contributed by atoms with E-state index in [1.54, 1.807) is 31.2 Å². The van der Waals surface area contributed by atoms with Gasteiger partial charge in [0.25, 0.3) is 5.91 Å². The van der Waals surface area contributed by atoms with Crippen molar-refractivity contribution in [2.24, 2.45) is 0 Å². The Labute approximate surface area is 161 Å². The van der Waals surface area contributed by atoms with Crippen molar-refractivity contribution in [3.63, 3.8) is 0 Å². The highest BCUT2D eigenvalue weighted by Crippen LogP contribution is 2.25. The molecule has 4 nitrogen and oxygen atoms in total. The van der Waals surface area contributed by atoms with Gasteiger partial charge in [-0.05, 0) is 65.4 Å². The van der Waals surface area contributed by atoms with Crippen LogP contribution in [-0.4, -0.2) is 11.0 Å². The Kier molecular flexibility index (Phi) is 6.24. The first kappa shape index (κ1) is 19.1. The summed E-state index contributed by atoms with van der Waals surface area (Å²) in [6.45, 7) is 1.58. The number of hydrazine groups is 1. The molecule has 0 fully saturated rings. The van der Waals surface area contributed by atoms with Gasteiger partial charge >= 0.3 is 0 Å². The van der Waals surface area contributed by atoms with Crippen molar-refractivity contribution >= 4 is 17.9 Å². The molecule has 0 radical (unpaired) electrons. The van der Waals surface area contributed by atoms with Gasteiger partial charge in [-0.25, -0.2) is 4.39 Å². The van der Waals surface area contributed by atoms with Crippen molar-refractivity contribution in [2.75, 3.05) is 0 Å². The van der Waals surface area contributed by atoms with Crippen LogP contribution >= 0.6 is 11.9 Å². The zero-order valence-electron chi connectivity index (χ0n) is 14.7. The molecule has 0 aliphatic heterocycles. The van der Waals surface area contributed by atoms with Gasteiger partial charge in [-0.15, -0.1) is 0 Å². The number of carbonyl (C=O) groups excluding carboxylic acids is 1. The van der Waals surface area contributed by atoms with Crippen LogP contribution in [0.4, 0.5) is 4.39 Å². The third-order valence-corrected chi connectivity index (χ3v) is 4.71. The Morgan fingerprint density at radius 3 is 2.56 bits per heavy atom. The highest BCUT2D eigenvalue weighted by atomic mass is 32.2. The Morgan fingerprint density at radius 2 is 1.81 bits per heavy atom. The Hall–Kier alpha value is -2.67. The number of amides is 1. The number of aryl methyl sites for hydroxylation is 1. The van der Waals surface area contributed by atoms with Crippen molar-refractivity contribution in [3.05, 3.63) is 89.2 Å². The molecule has 0 heterocycles. The summed E-state index contributed by atoms with van der Waals surface area (Å²) in [7, 11) is 0. The number of carbonyl (C=O) groups is 1. The first-order valence-corrected chi connectivity index (χ1v) is 9.17. The topological polar surface area (TPSA) is 61.4 Å². The van der Waals surface area contributed by atoms with E-state index in [9.17, 15) is 9.18 Å². The van der Waals surface area contributed by atoms with Crippen LogP contribution in [0, 0.1) is 12.7 Å². The molecule has 0 spiro atoms. The maximum atomic E-state index is 14.5. The third kappa shape index (κ3) is 4.74. The number of aliphatic hydroxyl groups is 1. The summed E-state index contributed by atoms with van der Waals surface area (Å²) in [5.41, 5.74) is 5.35.